The highest BCUT2D eigenvalue weighted by Gasteiger charge is 2.35. The molecule has 1 heterocycles. The number of amides is 9. The van der Waals surface area contributed by atoms with Gasteiger partial charge < -0.3 is 58.4 Å². The van der Waals surface area contributed by atoms with Crippen molar-refractivity contribution in [2.75, 3.05) is 18.1 Å². The fraction of sp³-hybridized carbons (Fsp3) is 0.618. The SMILES string of the molecule is CC[C@H](C)[C@H](NC(=O)[C@H](CC(=O)O)NC(=O)[C@@H](NC(=O)CNC(=O)[C@H](Cc1cnc[nH]1)NC(=O)[C@H](C)NC(=O)[C@H](CS)NC(C)=O)C(C)C)C(=O)N[C@@H](CS)C(N)=O. The number of aromatic nitrogens is 2. The molecular formula is C34H55N11O11S2. The number of carbonyl (C=O) groups is 10. The van der Waals surface area contributed by atoms with Gasteiger partial charge in [-0.05, 0) is 18.8 Å². The second-order valence-corrected chi connectivity index (χ2v) is 14.4. The topological polar surface area (TPSA) is 342 Å². The molecule has 24 heteroatoms. The molecule has 58 heavy (non-hydrogen) atoms. The molecule has 0 fully saturated rings. The van der Waals surface area contributed by atoms with E-state index in [0.717, 1.165) is 0 Å². The zero-order valence-corrected chi connectivity index (χ0v) is 34.8. The van der Waals surface area contributed by atoms with Crippen molar-refractivity contribution in [3.8, 4) is 0 Å². The van der Waals surface area contributed by atoms with Crippen LogP contribution < -0.4 is 48.3 Å². The van der Waals surface area contributed by atoms with Crippen molar-refractivity contribution in [2.24, 2.45) is 17.6 Å². The second-order valence-electron chi connectivity index (χ2n) is 13.7. The smallest absolute Gasteiger partial charge is 0.305 e. The number of hydrogen-bond donors (Lipinski definition) is 13. The van der Waals surface area contributed by atoms with E-state index >= 15 is 0 Å². The third kappa shape index (κ3) is 17.4. The third-order valence-electron chi connectivity index (χ3n) is 8.58. The van der Waals surface area contributed by atoms with Gasteiger partial charge in [0.05, 0.1) is 19.3 Å². The minimum Gasteiger partial charge on any atom is -0.481 e. The molecule has 0 aliphatic rings. The van der Waals surface area contributed by atoms with Gasteiger partial charge in [0.15, 0.2) is 0 Å². The van der Waals surface area contributed by atoms with Gasteiger partial charge in [-0.2, -0.15) is 25.3 Å². The Hall–Kier alpha value is -5.39. The van der Waals surface area contributed by atoms with E-state index in [1.54, 1.807) is 27.7 Å². The first-order valence-corrected chi connectivity index (χ1v) is 19.5. The Bertz CT molecular complexity index is 1630. The van der Waals surface area contributed by atoms with E-state index < -0.39 is 126 Å². The number of H-pyrrole nitrogens is 1. The summed E-state index contributed by atoms with van der Waals surface area (Å²) in [7, 11) is 0. The van der Waals surface area contributed by atoms with E-state index in [1.165, 1.54) is 26.4 Å². The lowest BCUT2D eigenvalue weighted by atomic mass is 9.97. The van der Waals surface area contributed by atoms with Crippen molar-refractivity contribution in [3.63, 3.8) is 0 Å². The summed E-state index contributed by atoms with van der Waals surface area (Å²) in [6, 6.07) is -8.99. The Morgan fingerprint density at radius 3 is 1.79 bits per heavy atom. The van der Waals surface area contributed by atoms with E-state index in [4.69, 9.17) is 5.73 Å². The Labute approximate surface area is 346 Å². The Morgan fingerprint density at radius 2 is 1.29 bits per heavy atom. The van der Waals surface area contributed by atoms with Gasteiger partial charge in [-0.1, -0.05) is 34.1 Å². The van der Waals surface area contributed by atoms with E-state index in [9.17, 15) is 53.1 Å². The first-order chi connectivity index (χ1) is 27.1. The molecule has 0 saturated carbocycles. The summed E-state index contributed by atoms with van der Waals surface area (Å²) in [6.45, 7) is 8.33. The maximum atomic E-state index is 13.4. The number of aliphatic carboxylic acids is 1. The predicted octanol–water partition coefficient (Wildman–Crippen LogP) is -3.98. The quantitative estimate of drug-likeness (QED) is 0.0419. The number of aromatic amines is 1. The van der Waals surface area contributed by atoms with Crippen molar-refractivity contribution in [2.45, 2.75) is 103 Å². The number of thiol groups is 2. The van der Waals surface area contributed by atoms with Gasteiger partial charge in [0.2, 0.25) is 53.2 Å². The third-order valence-corrected chi connectivity index (χ3v) is 9.31. The van der Waals surface area contributed by atoms with E-state index in [0.29, 0.717) is 12.1 Å². The first-order valence-electron chi connectivity index (χ1n) is 18.2. The lowest BCUT2D eigenvalue weighted by molar-refractivity contribution is -0.142. The maximum Gasteiger partial charge on any atom is 0.305 e. The monoisotopic (exact) mass is 857 g/mol. The highest BCUT2D eigenvalue weighted by Crippen LogP contribution is 2.11. The number of hydrogen-bond acceptors (Lipinski definition) is 13. The Balaban J connectivity index is 3.08. The number of imidazole rings is 1. The van der Waals surface area contributed by atoms with Crippen LogP contribution in [0.3, 0.4) is 0 Å². The number of primary amides is 1. The fourth-order valence-corrected chi connectivity index (χ4v) is 5.59. The number of carbonyl (C=O) groups excluding carboxylic acids is 9. The molecule has 0 radical (unpaired) electrons. The number of nitrogens with one attached hydrogen (secondary N) is 9. The van der Waals surface area contributed by atoms with Crippen LogP contribution in [-0.2, 0) is 54.4 Å². The standard InChI is InChI=1S/C34H55N11O11S2/c1-7-16(4)27(34(56)43-22(12-57)28(35)50)45-31(53)21(9-25(48)49)42-33(55)26(15(2)3)44-24(47)11-37-30(52)20(8-19-10-36-14-38-19)41-29(51)17(5)39-32(54)23(13-58)40-18(6)46/h10,14-17,20-23,26-27,57-58H,7-9,11-13H2,1-6H3,(H2,35,50)(H,36,38)(H,37,52)(H,39,54)(H,40,46)(H,41,51)(H,42,55)(H,43,56)(H,44,47)(H,45,53)(H,48,49)/t16-,17-,20-,21-,22-,23-,26-,27-/m0/s1. The van der Waals surface area contributed by atoms with Crippen LogP contribution >= 0.6 is 25.3 Å². The highest BCUT2D eigenvalue weighted by molar-refractivity contribution is 7.80. The lowest BCUT2D eigenvalue weighted by Crippen LogP contribution is -2.60. The average Bonchev–Trinajstić information content (AvgIpc) is 3.67. The maximum absolute atomic E-state index is 13.4. The molecule has 0 saturated heterocycles. The molecule has 324 valence electrons. The summed E-state index contributed by atoms with van der Waals surface area (Å²) in [5.74, 6) is -10.1. The minimum atomic E-state index is -1.72. The van der Waals surface area contributed by atoms with Crippen molar-refractivity contribution in [3.05, 3.63) is 18.2 Å². The number of nitrogens with two attached hydrogens (primary N) is 1. The van der Waals surface area contributed by atoms with Crippen LogP contribution in [0.25, 0.3) is 0 Å². The number of carboxylic acids is 1. The number of nitrogens with zero attached hydrogens (tertiary/aromatic N) is 1. The van der Waals surface area contributed by atoms with Crippen LogP contribution in [0.1, 0.15) is 60.1 Å². The zero-order chi connectivity index (χ0) is 44.3. The summed E-state index contributed by atoms with van der Waals surface area (Å²) in [4.78, 5) is 133. The van der Waals surface area contributed by atoms with Crippen LogP contribution in [0.5, 0.6) is 0 Å². The molecule has 0 aromatic carbocycles. The van der Waals surface area contributed by atoms with Gasteiger partial charge in [0.1, 0.15) is 42.3 Å². The van der Waals surface area contributed by atoms with Crippen molar-refractivity contribution >= 4 is 84.4 Å². The summed E-state index contributed by atoms with van der Waals surface area (Å²) in [6.07, 6.45) is 2.10. The van der Waals surface area contributed by atoms with Crippen LogP contribution in [0.4, 0.5) is 0 Å². The van der Waals surface area contributed by atoms with Crippen molar-refractivity contribution in [1.29, 1.82) is 0 Å². The summed E-state index contributed by atoms with van der Waals surface area (Å²) < 4.78 is 0. The van der Waals surface area contributed by atoms with E-state index in [-0.39, 0.29) is 17.9 Å². The highest BCUT2D eigenvalue weighted by atomic mass is 32.1. The second kappa shape index (κ2) is 25.1. The minimum absolute atomic E-state index is 0.0541. The van der Waals surface area contributed by atoms with E-state index in [1.807, 2.05) is 0 Å². The number of rotatable bonds is 25. The Kier molecular flexibility index (Phi) is 21.9. The van der Waals surface area contributed by atoms with Gasteiger partial charge in [-0.25, -0.2) is 4.98 Å². The molecule has 12 N–H and O–H groups in total. The van der Waals surface area contributed by atoms with Crippen LogP contribution in [0, 0.1) is 11.8 Å². The summed E-state index contributed by atoms with van der Waals surface area (Å²) in [5, 5.41) is 28.8. The molecule has 0 unspecified atom stereocenters. The van der Waals surface area contributed by atoms with E-state index in [2.05, 4.69) is 77.8 Å². The largest absolute Gasteiger partial charge is 0.481 e. The van der Waals surface area contributed by atoms with Gasteiger partial charge in [0.25, 0.3) is 0 Å². The van der Waals surface area contributed by atoms with Gasteiger partial charge in [-0.15, -0.1) is 0 Å². The van der Waals surface area contributed by atoms with Crippen LogP contribution in [0.15, 0.2) is 12.5 Å². The molecule has 0 bridgehead atoms. The molecule has 1 aromatic rings. The summed E-state index contributed by atoms with van der Waals surface area (Å²) >= 11 is 8.03. The molecule has 0 aliphatic carbocycles. The molecular weight excluding hydrogens is 803 g/mol. The Morgan fingerprint density at radius 1 is 0.724 bits per heavy atom. The average molecular weight is 858 g/mol. The van der Waals surface area contributed by atoms with Crippen molar-refractivity contribution < 1.29 is 53.1 Å². The van der Waals surface area contributed by atoms with Gasteiger partial charge >= 0.3 is 5.97 Å². The number of carboxylic acid groups (broad SMARTS) is 1. The molecule has 0 aliphatic heterocycles. The van der Waals surface area contributed by atoms with Crippen molar-refractivity contribution in [1.82, 2.24) is 52.5 Å². The lowest BCUT2D eigenvalue weighted by Gasteiger charge is -2.28. The molecule has 0 spiro atoms. The molecule has 1 aromatic heterocycles. The molecule has 1 rings (SSSR count). The zero-order valence-electron chi connectivity index (χ0n) is 33.0. The summed E-state index contributed by atoms with van der Waals surface area (Å²) in [5.41, 5.74) is 5.72. The first kappa shape index (κ1) is 50.6. The van der Waals surface area contributed by atoms with Gasteiger partial charge in [-0.3, -0.25) is 47.9 Å². The fourth-order valence-electron chi connectivity index (χ4n) is 5.06. The normalized spacial score (nSPS) is 15.1. The van der Waals surface area contributed by atoms with Crippen LogP contribution in [-0.4, -0.2) is 135 Å². The predicted molar refractivity (Wildman–Crippen MR) is 214 cm³/mol. The molecule has 9 amide bonds. The molecule has 8 atom stereocenters. The van der Waals surface area contributed by atoms with Crippen LogP contribution in [0.2, 0.25) is 0 Å². The van der Waals surface area contributed by atoms with Gasteiger partial charge in [0, 0.05) is 36.7 Å². The molecule has 22 nitrogen and oxygen atoms in total.